The quantitative estimate of drug-likeness (QED) is 0.886. The van der Waals surface area contributed by atoms with E-state index < -0.39 is 10.0 Å². The number of nitrogens with zero attached hydrogens (tertiary/aromatic N) is 2. The maximum Gasteiger partial charge on any atom is 0.242 e. The van der Waals surface area contributed by atoms with E-state index >= 15 is 0 Å². The van der Waals surface area contributed by atoms with Crippen LogP contribution in [0.5, 0.6) is 0 Å². The summed E-state index contributed by atoms with van der Waals surface area (Å²) < 4.78 is 25.4. The minimum Gasteiger partial charge on any atom is -0.314 e. The average Bonchev–Trinajstić information content (AvgIpc) is 2.95. The highest BCUT2D eigenvalue weighted by atomic mass is 35.5. The molecular formula is C16H26ClN3O2S. The SMILES string of the molecule is CN(C)S(=O)(=O)c1ccc(CN2CCC3NCCC3C2)cc1.Cl. The van der Waals surface area contributed by atoms with Gasteiger partial charge in [-0.3, -0.25) is 4.90 Å². The van der Waals surface area contributed by atoms with Gasteiger partial charge in [-0.1, -0.05) is 12.1 Å². The summed E-state index contributed by atoms with van der Waals surface area (Å²) in [5.74, 6) is 0.780. The highest BCUT2D eigenvalue weighted by Gasteiger charge is 2.32. The molecule has 0 spiro atoms. The molecule has 2 fully saturated rings. The van der Waals surface area contributed by atoms with Gasteiger partial charge in [-0.25, -0.2) is 12.7 Å². The summed E-state index contributed by atoms with van der Waals surface area (Å²) >= 11 is 0. The average molecular weight is 360 g/mol. The summed E-state index contributed by atoms with van der Waals surface area (Å²) in [5.41, 5.74) is 1.18. The molecule has 7 heteroatoms. The minimum absolute atomic E-state index is 0. The largest absolute Gasteiger partial charge is 0.314 e. The van der Waals surface area contributed by atoms with Gasteiger partial charge in [-0.05, 0) is 49.5 Å². The number of piperidine rings is 1. The van der Waals surface area contributed by atoms with Gasteiger partial charge in [0.2, 0.25) is 10.0 Å². The first-order valence-electron chi connectivity index (χ1n) is 7.94. The molecule has 1 aromatic carbocycles. The zero-order valence-electron chi connectivity index (χ0n) is 13.7. The van der Waals surface area contributed by atoms with Crippen LogP contribution in [0.15, 0.2) is 29.2 Å². The van der Waals surface area contributed by atoms with Crippen molar-refractivity contribution in [1.82, 2.24) is 14.5 Å². The van der Waals surface area contributed by atoms with E-state index in [1.807, 2.05) is 12.1 Å². The first-order chi connectivity index (χ1) is 10.5. The lowest BCUT2D eigenvalue weighted by Crippen LogP contribution is -2.43. The Morgan fingerprint density at radius 3 is 2.57 bits per heavy atom. The topological polar surface area (TPSA) is 52.7 Å². The number of fused-ring (bicyclic) bond motifs is 1. The molecule has 5 nitrogen and oxygen atoms in total. The van der Waals surface area contributed by atoms with Crippen LogP contribution in [0.25, 0.3) is 0 Å². The minimum atomic E-state index is -3.33. The molecule has 2 aliphatic rings. The second kappa shape index (κ2) is 7.49. The molecule has 3 rings (SSSR count). The van der Waals surface area contributed by atoms with Crippen molar-refractivity contribution in [2.75, 3.05) is 33.7 Å². The molecule has 130 valence electrons. The monoisotopic (exact) mass is 359 g/mol. The maximum absolute atomic E-state index is 12.1. The molecule has 0 amide bonds. The molecule has 0 bridgehead atoms. The van der Waals surface area contributed by atoms with Crippen LogP contribution in [-0.4, -0.2) is 57.4 Å². The van der Waals surface area contributed by atoms with Crippen molar-refractivity contribution in [3.05, 3.63) is 29.8 Å². The standard InChI is InChI=1S/C16H25N3O2S.ClH/c1-18(2)22(20,21)15-5-3-13(4-6-15)11-19-10-8-16-14(12-19)7-9-17-16;/h3-6,14,16-17H,7-12H2,1-2H3;1H. The van der Waals surface area contributed by atoms with Gasteiger partial charge in [0.05, 0.1) is 4.90 Å². The molecule has 0 saturated carbocycles. The summed E-state index contributed by atoms with van der Waals surface area (Å²) in [6.07, 6.45) is 2.50. The van der Waals surface area contributed by atoms with E-state index in [1.54, 1.807) is 26.2 Å². The zero-order chi connectivity index (χ0) is 15.7. The number of hydrogen-bond donors (Lipinski definition) is 1. The number of nitrogens with one attached hydrogen (secondary N) is 1. The predicted octanol–water partition coefficient (Wildman–Crippen LogP) is 1.54. The van der Waals surface area contributed by atoms with Crippen LogP contribution in [0.2, 0.25) is 0 Å². The summed E-state index contributed by atoms with van der Waals surface area (Å²) in [6, 6.07) is 8.03. The molecule has 1 N–H and O–H groups in total. The van der Waals surface area contributed by atoms with Gasteiger partial charge in [-0.2, -0.15) is 0 Å². The maximum atomic E-state index is 12.1. The Morgan fingerprint density at radius 2 is 1.91 bits per heavy atom. The van der Waals surface area contributed by atoms with E-state index in [0.717, 1.165) is 32.1 Å². The predicted molar refractivity (Wildman–Crippen MR) is 94.4 cm³/mol. The Balaban J connectivity index is 0.00000192. The Morgan fingerprint density at radius 1 is 1.22 bits per heavy atom. The highest BCUT2D eigenvalue weighted by Crippen LogP contribution is 2.25. The normalized spacial score (nSPS) is 25.2. The van der Waals surface area contributed by atoms with Crippen LogP contribution >= 0.6 is 12.4 Å². The van der Waals surface area contributed by atoms with Crippen molar-refractivity contribution in [2.24, 2.45) is 5.92 Å². The van der Waals surface area contributed by atoms with Crippen molar-refractivity contribution in [3.63, 3.8) is 0 Å². The molecule has 0 aromatic heterocycles. The van der Waals surface area contributed by atoms with Gasteiger partial charge in [0, 0.05) is 33.2 Å². The van der Waals surface area contributed by atoms with Gasteiger partial charge in [0.25, 0.3) is 0 Å². The number of sulfonamides is 1. The molecular weight excluding hydrogens is 334 g/mol. The molecule has 2 aliphatic heterocycles. The van der Waals surface area contributed by atoms with Gasteiger partial charge in [0.15, 0.2) is 0 Å². The van der Waals surface area contributed by atoms with Crippen molar-refractivity contribution >= 4 is 22.4 Å². The Hall–Kier alpha value is -0.660. The fourth-order valence-corrected chi connectivity index (χ4v) is 4.40. The Labute approximate surface area is 145 Å². The van der Waals surface area contributed by atoms with Crippen LogP contribution in [0.1, 0.15) is 18.4 Å². The van der Waals surface area contributed by atoms with E-state index in [4.69, 9.17) is 0 Å². The smallest absolute Gasteiger partial charge is 0.242 e. The number of benzene rings is 1. The first-order valence-corrected chi connectivity index (χ1v) is 9.38. The van der Waals surface area contributed by atoms with E-state index in [9.17, 15) is 8.42 Å². The van der Waals surface area contributed by atoms with Gasteiger partial charge in [-0.15, -0.1) is 12.4 Å². The third-order valence-corrected chi connectivity index (χ3v) is 6.68. The third-order valence-electron chi connectivity index (χ3n) is 4.85. The second-order valence-corrected chi connectivity index (χ2v) is 8.72. The summed E-state index contributed by atoms with van der Waals surface area (Å²) in [4.78, 5) is 2.85. The van der Waals surface area contributed by atoms with Crippen molar-refractivity contribution in [1.29, 1.82) is 0 Å². The second-order valence-electron chi connectivity index (χ2n) is 6.56. The van der Waals surface area contributed by atoms with Crippen LogP contribution in [0.3, 0.4) is 0 Å². The summed E-state index contributed by atoms with van der Waals surface area (Å²) in [5, 5.41) is 3.58. The van der Waals surface area contributed by atoms with E-state index in [-0.39, 0.29) is 12.4 Å². The number of hydrogen-bond acceptors (Lipinski definition) is 4. The van der Waals surface area contributed by atoms with E-state index in [1.165, 1.54) is 22.7 Å². The number of rotatable bonds is 4. The molecule has 0 radical (unpaired) electrons. The highest BCUT2D eigenvalue weighted by molar-refractivity contribution is 7.89. The van der Waals surface area contributed by atoms with E-state index in [0.29, 0.717) is 10.9 Å². The Kier molecular flexibility index (Phi) is 6.08. The molecule has 23 heavy (non-hydrogen) atoms. The first kappa shape index (κ1) is 18.7. The third kappa shape index (κ3) is 4.06. The fourth-order valence-electron chi connectivity index (χ4n) is 3.50. The summed E-state index contributed by atoms with van der Waals surface area (Å²) in [6.45, 7) is 4.33. The van der Waals surface area contributed by atoms with Crippen molar-refractivity contribution in [2.45, 2.75) is 30.3 Å². The molecule has 1 aromatic rings. The lowest BCUT2D eigenvalue weighted by molar-refractivity contribution is 0.156. The molecule has 2 unspecified atom stereocenters. The van der Waals surface area contributed by atoms with Crippen LogP contribution in [0, 0.1) is 5.92 Å². The molecule has 2 saturated heterocycles. The van der Waals surface area contributed by atoms with Crippen LogP contribution < -0.4 is 5.32 Å². The van der Waals surface area contributed by atoms with Crippen LogP contribution in [-0.2, 0) is 16.6 Å². The lowest BCUT2D eigenvalue weighted by atomic mass is 9.93. The summed E-state index contributed by atoms with van der Waals surface area (Å²) in [7, 11) is -0.210. The van der Waals surface area contributed by atoms with Crippen molar-refractivity contribution < 1.29 is 8.42 Å². The Bertz CT molecular complexity index is 619. The number of halogens is 1. The van der Waals surface area contributed by atoms with Gasteiger partial charge in [0.1, 0.15) is 0 Å². The fraction of sp³-hybridized carbons (Fsp3) is 0.625. The zero-order valence-corrected chi connectivity index (χ0v) is 15.4. The lowest BCUT2D eigenvalue weighted by Gasteiger charge is -2.34. The molecule has 2 atom stereocenters. The van der Waals surface area contributed by atoms with Gasteiger partial charge < -0.3 is 5.32 Å². The molecule has 0 aliphatic carbocycles. The van der Waals surface area contributed by atoms with Gasteiger partial charge >= 0.3 is 0 Å². The molecule has 2 heterocycles. The van der Waals surface area contributed by atoms with Crippen LogP contribution in [0.4, 0.5) is 0 Å². The van der Waals surface area contributed by atoms with Crippen molar-refractivity contribution in [3.8, 4) is 0 Å². The number of likely N-dealkylation sites (tertiary alicyclic amines) is 1. The van der Waals surface area contributed by atoms with E-state index in [2.05, 4.69) is 10.2 Å².